The lowest BCUT2D eigenvalue weighted by molar-refractivity contribution is -0.113. The normalized spacial score (nSPS) is 22.7. The first-order chi connectivity index (χ1) is 13.4. The average molecular weight is 383 g/mol. The molecule has 2 heterocycles. The molecular formula is C23H26FNO3. The van der Waals surface area contributed by atoms with Gasteiger partial charge in [0.25, 0.3) is 0 Å². The molecule has 4 nitrogen and oxygen atoms in total. The molecule has 0 saturated carbocycles. The molecule has 1 aliphatic heterocycles. The number of aromatic nitrogens is 1. The van der Waals surface area contributed by atoms with Crippen molar-refractivity contribution in [2.45, 2.75) is 51.5 Å². The summed E-state index contributed by atoms with van der Waals surface area (Å²) in [5.41, 5.74) is 4.52. The molecule has 0 spiro atoms. The summed E-state index contributed by atoms with van der Waals surface area (Å²) in [5.74, 6) is -0.261. The SMILES string of the molecule is Cc1ccc(Cn2cc([C@H]3C[C@@H](O)C[C@@H](CO)O3)c3cc(C)cc(F)c32)cc1. The van der Waals surface area contributed by atoms with Crippen LogP contribution in [-0.4, -0.2) is 33.6 Å². The number of nitrogens with zero attached hydrogens (tertiary/aromatic N) is 1. The van der Waals surface area contributed by atoms with Crippen LogP contribution in [-0.2, 0) is 11.3 Å². The minimum absolute atomic E-state index is 0.136. The zero-order valence-electron chi connectivity index (χ0n) is 16.2. The molecule has 148 valence electrons. The van der Waals surface area contributed by atoms with Crippen molar-refractivity contribution in [2.24, 2.45) is 0 Å². The summed E-state index contributed by atoms with van der Waals surface area (Å²) in [6.07, 6.45) is 1.48. The van der Waals surface area contributed by atoms with Gasteiger partial charge in [0.1, 0.15) is 5.82 Å². The summed E-state index contributed by atoms with van der Waals surface area (Å²) in [4.78, 5) is 0. The first-order valence-electron chi connectivity index (χ1n) is 9.73. The topological polar surface area (TPSA) is 54.6 Å². The molecule has 1 saturated heterocycles. The number of ether oxygens (including phenoxy) is 1. The Morgan fingerprint density at radius 3 is 2.57 bits per heavy atom. The predicted molar refractivity (Wildman–Crippen MR) is 107 cm³/mol. The second-order valence-corrected chi connectivity index (χ2v) is 7.90. The van der Waals surface area contributed by atoms with Crippen LogP contribution in [0.2, 0.25) is 0 Å². The molecule has 4 rings (SSSR count). The predicted octanol–water partition coefficient (Wildman–Crippen LogP) is 4.02. The molecule has 0 amide bonds. The third-order valence-electron chi connectivity index (χ3n) is 5.50. The summed E-state index contributed by atoms with van der Waals surface area (Å²) in [6.45, 7) is 4.33. The zero-order chi connectivity index (χ0) is 19.8. The minimum atomic E-state index is -0.541. The summed E-state index contributed by atoms with van der Waals surface area (Å²) in [6, 6.07) is 11.7. The van der Waals surface area contributed by atoms with E-state index in [2.05, 4.69) is 24.3 Å². The van der Waals surface area contributed by atoms with E-state index >= 15 is 0 Å². The monoisotopic (exact) mass is 383 g/mol. The molecule has 3 aromatic rings. The van der Waals surface area contributed by atoms with E-state index in [1.54, 1.807) is 6.07 Å². The van der Waals surface area contributed by atoms with Gasteiger partial charge in [-0.05, 0) is 37.1 Å². The molecule has 0 radical (unpaired) electrons. The van der Waals surface area contributed by atoms with Crippen molar-refractivity contribution in [3.63, 3.8) is 0 Å². The van der Waals surface area contributed by atoms with Crippen LogP contribution in [0.15, 0.2) is 42.6 Å². The van der Waals surface area contributed by atoms with E-state index in [0.29, 0.717) is 24.9 Å². The molecule has 2 aromatic carbocycles. The maximum atomic E-state index is 14.9. The highest BCUT2D eigenvalue weighted by atomic mass is 19.1. The van der Waals surface area contributed by atoms with Gasteiger partial charge in [-0.1, -0.05) is 29.8 Å². The fraction of sp³-hybridized carbons (Fsp3) is 0.391. The molecule has 0 unspecified atom stereocenters. The average Bonchev–Trinajstić information content (AvgIpc) is 3.01. The van der Waals surface area contributed by atoms with Crippen molar-refractivity contribution in [1.29, 1.82) is 0 Å². The molecule has 0 aliphatic carbocycles. The van der Waals surface area contributed by atoms with Gasteiger partial charge in [-0.3, -0.25) is 0 Å². The van der Waals surface area contributed by atoms with Crippen molar-refractivity contribution in [1.82, 2.24) is 4.57 Å². The number of fused-ring (bicyclic) bond motifs is 1. The van der Waals surface area contributed by atoms with Crippen LogP contribution in [0.1, 0.15) is 41.2 Å². The van der Waals surface area contributed by atoms with E-state index in [-0.39, 0.29) is 18.5 Å². The van der Waals surface area contributed by atoms with E-state index in [9.17, 15) is 14.6 Å². The number of aliphatic hydroxyl groups excluding tert-OH is 2. The first-order valence-corrected chi connectivity index (χ1v) is 9.73. The van der Waals surface area contributed by atoms with E-state index in [0.717, 1.165) is 22.1 Å². The molecular weight excluding hydrogens is 357 g/mol. The summed E-state index contributed by atoms with van der Waals surface area (Å²) in [7, 11) is 0. The molecule has 28 heavy (non-hydrogen) atoms. The lowest BCUT2D eigenvalue weighted by atomic mass is 9.95. The van der Waals surface area contributed by atoms with Crippen LogP contribution >= 0.6 is 0 Å². The highest BCUT2D eigenvalue weighted by molar-refractivity contribution is 5.86. The van der Waals surface area contributed by atoms with Crippen molar-refractivity contribution in [3.8, 4) is 0 Å². The Morgan fingerprint density at radius 1 is 1.11 bits per heavy atom. The van der Waals surface area contributed by atoms with Crippen molar-refractivity contribution >= 4 is 10.9 Å². The molecule has 2 N–H and O–H groups in total. The quantitative estimate of drug-likeness (QED) is 0.716. The smallest absolute Gasteiger partial charge is 0.147 e. The van der Waals surface area contributed by atoms with Gasteiger partial charge < -0.3 is 19.5 Å². The van der Waals surface area contributed by atoms with Crippen LogP contribution in [0, 0.1) is 19.7 Å². The first kappa shape index (κ1) is 19.1. The second kappa shape index (κ2) is 7.66. The Bertz CT molecular complexity index is 980. The van der Waals surface area contributed by atoms with E-state index in [4.69, 9.17) is 4.74 Å². The van der Waals surface area contributed by atoms with E-state index in [1.807, 2.05) is 30.7 Å². The minimum Gasteiger partial charge on any atom is -0.394 e. The number of aliphatic hydroxyl groups is 2. The Kier molecular flexibility index (Phi) is 5.23. The lowest BCUT2D eigenvalue weighted by Gasteiger charge is -2.32. The Balaban J connectivity index is 1.79. The van der Waals surface area contributed by atoms with Gasteiger partial charge >= 0.3 is 0 Å². The lowest BCUT2D eigenvalue weighted by Crippen LogP contribution is -2.33. The van der Waals surface area contributed by atoms with Gasteiger partial charge in [-0.15, -0.1) is 0 Å². The van der Waals surface area contributed by atoms with Gasteiger partial charge in [-0.2, -0.15) is 0 Å². The highest BCUT2D eigenvalue weighted by Crippen LogP contribution is 2.37. The summed E-state index contributed by atoms with van der Waals surface area (Å²) >= 11 is 0. The molecule has 0 bridgehead atoms. The van der Waals surface area contributed by atoms with Crippen molar-refractivity contribution in [3.05, 3.63) is 70.7 Å². The second-order valence-electron chi connectivity index (χ2n) is 7.90. The Hall–Kier alpha value is -2.21. The van der Waals surface area contributed by atoms with Gasteiger partial charge in [0, 0.05) is 36.5 Å². The molecule has 1 aliphatic rings. The number of rotatable bonds is 4. The van der Waals surface area contributed by atoms with Gasteiger partial charge in [-0.25, -0.2) is 4.39 Å². The number of halogens is 1. The van der Waals surface area contributed by atoms with Crippen LogP contribution in [0.5, 0.6) is 0 Å². The zero-order valence-corrected chi connectivity index (χ0v) is 16.2. The molecule has 3 atom stereocenters. The number of hydrogen-bond donors (Lipinski definition) is 2. The van der Waals surface area contributed by atoms with Crippen LogP contribution in [0.3, 0.4) is 0 Å². The summed E-state index contributed by atoms with van der Waals surface area (Å²) in [5, 5.41) is 20.5. The molecule has 1 aromatic heterocycles. The number of benzene rings is 2. The number of hydrogen-bond acceptors (Lipinski definition) is 3. The molecule has 5 heteroatoms. The van der Waals surface area contributed by atoms with E-state index in [1.165, 1.54) is 5.56 Å². The standard InChI is InChI=1S/C23H26FNO3/c1-14-3-5-16(6-4-14)11-25-12-20(19-7-15(2)8-21(24)23(19)25)22-10-17(27)9-18(13-26)28-22/h3-8,12,17-18,22,26-27H,9-11,13H2,1-2H3/t17-,18-,22+/m0/s1. The van der Waals surface area contributed by atoms with E-state index < -0.39 is 12.2 Å². The largest absolute Gasteiger partial charge is 0.394 e. The van der Waals surface area contributed by atoms with Crippen molar-refractivity contribution in [2.75, 3.05) is 6.61 Å². The van der Waals surface area contributed by atoms with Gasteiger partial charge in [0.05, 0.1) is 30.4 Å². The van der Waals surface area contributed by atoms with Crippen LogP contribution in [0.4, 0.5) is 4.39 Å². The maximum Gasteiger partial charge on any atom is 0.147 e. The molecule has 1 fully saturated rings. The Labute approximate surface area is 164 Å². The van der Waals surface area contributed by atoms with Crippen LogP contribution in [0.25, 0.3) is 10.9 Å². The summed E-state index contributed by atoms with van der Waals surface area (Å²) < 4.78 is 22.9. The fourth-order valence-electron chi connectivity index (χ4n) is 4.13. The number of aryl methyl sites for hydroxylation is 2. The highest BCUT2D eigenvalue weighted by Gasteiger charge is 2.31. The Morgan fingerprint density at radius 2 is 1.86 bits per heavy atom. The maximum absolute atomic E-state index is 14.9. The third kappa shape index (κ3) is 3.70. The van der Waals surface area contributed by atoms with Crippen molar-refractivity contribution < 1.29 is 19.3 Å². The van der Waals surface area contributed by atoms with Gasteiger partial charge in [0.2, 0.25) is 0 Å². The van der Waals surface area contributed by atoms with Crippen LogP contribution < -0.4 is 0 Å². The van der Waals surface area contributed by atoms with Gasteiger partial charge in [0.15, 0.2) is 0 Å². The third-order valence-corrected chi connectivity index (χ3v) is 5.50. The fourth-order valence-corrected chi connectivity index (χ4v) is 4.13.